The number of aromatic nitrogens is 1. The number of aliphatic carboxylic acids is 1. The standard InChI is InChI=1S/C10H8F5NO3/c1-4-2-6(19-10(13,14)15)5(3-7(17)18)8(16-4)9(11)12/h2,9H,3H2,1H3,(H,17,18). The Morgan fingerprint density at radius 2 is 2.05 bits per heavy atom. The van der Waals surface area contributed by atoms with Crippen LogP contribution in [0.5, 0.6) is 5.75 Å². The minimum atomic E-state index is -5.11. The van der Waals surface area contributed by atoms with Crippen LogP contribution in [0.1, 0.15) is 23.4 Å². The van der Waals surface area contributed by atoms with Gasteiger partial charge in [0.05, 0.1) is 6.42 Å². The molecule has 106 valence electrons. The fraction of sp³-hybridized carbons (Fsp3) is 0.400. The first kappa shape index (κ1) is 15.1. The molecule has 1 aromatic heterocycles. The third-order valence-corrected chi connectivity index (χ3v) is 2.00. The Bertz CT molecular complexity index is 487. The number of carbonyl (C=O) groups is 1. The maximum Gasteiger partial charge on any atom is 0.573 e. The van der Waals surface area contributed by atoms with E-state index in [9.17, 15) is 26.7 Å². The number of hydrogen-bond donors (Lipinski definition) is 1. The lowest BCUT2D eigenvalue weighted by Crippen LogP contribution is -2.20. The van der Waals surface area contributed by atoms with E-state index in [0.29, 0.717) is 0 Å². The van der Waals surface area contributed by atoms with Crippen LogP contribution in [0.2, 0.25) is 0 Å². The molecule has 0 atom stereocenters. The number of pyridine rings is 1. The van der Waals surface area contributed by atoms with Crippen LogP contribution in [0.15, 0.2) is 6.07 Å². The van der Waals surface area contributed by atoms with Crippen LogP contribution in [-0.4, -0.2) is 22.4 Å². The molecule has 0 spiro atoms. The molecule has 9 heteroatoms. The van der Waals surface area contributed by atoms with Gasteiger partial charge in [0, 0.05) is 17.3 Å². The maximum absolute atomic E-state index is 12.7. The predicted molar refractivity (Wildman–Crippen MR) is 52.0 cm³/mol. The normalized spacial score (nSPS) is 11.7. The first-order chi connectivity index (χ1) is 8.60. The minimum Gasteiger partial charge on any atom is -0.481 e. The second-order valence-electron chi connectivity index (χ2n) is 3.54. The fourth-order valence-electron chi connectivity index (χ4n) is 1.42. The molecule has 1 heterocycles. The van der Waals surface area contributed by atoms with Crippen molar-refractivity contribution in [1.29, 1.82) is 0 Å². The number of nitrogens with zero attached hydrogens (tertiary/aromatic N) is 1. The molecule has 0 bridgehead atoms. The Morgan fingerprint density at radius 1 is 1.47 bits per heavy atom. The van der Waals surface area contributed by atoms with Crippen LogP contribution in [0.3, 0.4) is 0 Å². The summed E-state index contributed by atoms with van der Waals surface area (Å²) < 4.78 is 65.4. The summed E-state index contributed by atoms with van der Waals surface area (Å²) in [7, 11) is 0. The molecule has 1 N–H and O–H groups in total. The molecular weight excluding hydrogens is 277 g/mol. The van der Waals surface area contributed by atoms with Gasteiger partial charge in [0.25, 0.3) is 6.43 Å². The third kappa shape index (κ3) is 4.34. The Balaban J connectivity index is 3.37. The molecule has 0 saturated heterocycles. The van der Waals surface area contributed by atoms with E-state index in [1.807, 2.05) is 0 Å². The van der Waals surface area contributed by atoms with Crippen molar-refractivity contribution in [1.82, 2.24) is 4.98 Å². The van der Waals surface area contributed by atoms with Gasteiger partial charge in [-0.05, 0) is 6.92 Å². The van der Waals surface area contributed by atoms with Crippen LogP contribution >= 0.6 is 0 Å². The Kier molecular flexibility index (Phi) is 4.28. The van der Waals surface area contributed by atoms with E-state index < -0.39 is 42.2 Å². The zero-order valence-corrected chi connectivity index (χ0v) is 9.46. The van der Waals surface area contributed by atoms with Crippen LogP contribution in [0.4, 0.5) is 22.0 Å². The SMILES string of the molecule is Cc1cc(OC(F)(F)F)c(CC(=O)O)c(C(F)F)n1. The van der Waals surface area contributed by atoms with E-state index in [1.54, 1.807) is 0 Å². The van der Waals surface area contributed by atoms with Gasteiger partial charge in [-0.25, -0.2) is 8.78 Å². The highest BCUT2D eigenvalue weighted by atomic mass is 19.4. The molecule has 0 aliphatic rings. The summed E-state index contributed by atoms with van der Waals surface area (Å²) in [4.78, 5) is 13.9. The van der Waals surface area contributed by atoms with Gasteiger partial charge in [0.2, 0.25) is 0 Å². The van der Waals surface area contributed by atoms with Gasteiger partial charge in [-0.3, -0.25) is 9.78 Å². The average molecular weight is 285 g/mol. The highest BCUT2D eigenvalue weighted by Gasteiger charge is 2.34. The molecular formula is C10H8F5NO3. The lowest BCUT2D eigenvalue weighted by Gasteiger charge is -2.15. The summed E-state index contributed by atoms with van der Waals surface area (Å²) in [6.45, 7) is 1.19. The third-order valence-electron chi connectivity index (χ3n) is 2.00. The van der Waals surface area contributed by atoms with E-state index in [2.05, 4.69) is 9.72 Å². The van der Waals surface area contributed by atoms with Crippen molar-refractivity contribution in [3.05, 3.63) is 23.0 Å². The molecule has 1 rings (SSSR count). The summed E-state index contributed by atoms with van der Waals surface area (Å²) in [6.07, 6.45) is -9.36. The summed E-state index contributed by atoms with van der Waals surface area (Å²) >= 11 is 0. The van der Waals surface area contributed by atoms with Crippen molar-refractivity contribution < 1.29 is 36.6 Å². The number of hydrogen-bond acceptors (Lipinski definition) is 3. The molecule has 0 unspecified atom stereocenters. The van der Waals surface area contributed by atoms with Crippen molar-refractivity contribution in [3.63, 3.8) is 0 Å². The van der Waals surface area contributed by atoms with E-state index in [4.69, 9.17) is 5.11 Å². The molecule has 0 saturated carbocycles. The average Bonchev–Trinajstić information content (AvgIpc) is 2.18. The first-order valence-corrected chi connectivity index (χ1v) is 4.86. The summed E-state index contributed by atoms with van der Waals surface area (Å²) in [5.41, 5.74) is -1.95. The van der Waals surface area contributed by atoms with Gasteiger partial charge in [-0.15, -0.1) is 13.2 Å². The highest BCUT2D eigenvalue weighted by Crippen LogP contribution is 2.33. The second kappa shape index (κ2) is 5.37. The lowest BCUT2D eigenvalue weighted by molar-refractivity contribution is -0.275. The number of carboxylic acids is 1. The lowest BCUT2D eigenvalue weighted by atomic mass is 10.1. The Morgan fingerprint density at radius 3 is 2.47 bits per heavy atom. The number of rotatable bonds is 4. The molecule has 1 aromatic rings. The zero-order chi connectivity index (χ0) is 14.8. The largest absolute Gasteiger partial charge is 0.573 e. The molecule has 0 aliphatic heterocycles. The zero-order valence-electron chi connectivity index (χ0n) is 9.46. The van der Waals surface area contributed by atoms with Gasteiger partial charge in [-0.1, -0.05) is 0 Å². The smallest absolute Gasteiger partial charge is 0.481 e. The quantitative estimate of drug-likeness (QED) is 0.864. The first-order valence-electron chi connectivity index (χ1n) is 4.86. The molecule has 0 radical (unpaired) electrons. The monoisotopic (exact) mass is 285 g/mol. The van der Waals surface area contributed by atoms with Gasteiger partial charge < -0.3 is 9.84 Å². The summed E-state index contributed by atoms with van der Waals surface area (Å²) in [5, 5.41) is 8.56. The van der Waals surface area contributed by atoms with Crippen molar-refractivity contribution >= 4 is 5.97 Å². The molecule has 0 amide bonds. The van der Waals surface area contributed by atoms with Crippen molar-refractivity contribution in [3.8, 4) is 5.75 Å². The number of halogens is 5. The molecule has 0 fully saturated rings. The molecule has 0 aliphatic carbocycles. The predicted octanol–water partition coefficient (Wildman–Crippen LogP) is 2.85. The molecule has 19 heavy (non-hydrogen) atoms. The highest BCUT2D eigenvalue weighted by molar-refractivity contribution is 5.72. The number of ether oxygens (including phenoxy) is 1. The van der Waals surface area contributed by atoms with Crippen LogP contribution in [0.25, 0.3) is 0 Å². The van der Waals surface area contributed by atoms with Gasteiger partial charge in [0.15, 0.2) is 0 Å². The van der Waals surface area contributed by atoms with Crippen LogP contribution in [0, 0.1) is 6.92 Å². The number of carboxylic acid groups (broad SMARTS) is 1. The van der Waals surface area contributed by atoms with Crippen molar-refractivity contribution in [2.75, 3.05) is 0 Å². The maximum atomic E-state index is 12.7. The summed E-state index contributed by atoms with van der Waals surface area (Å²) in [5.74, 6) is -2.54. The van der Waals surface area contributed by atoms with Crippen LogP contribution in [-0.2, 0) is 11.2 Å². The minimum absolute atomic E-state index is 0.135. The van der Waals surface area contributed by atoms with Gasteiger partial charge in [-0.2, -0.15) is 0 Å². The van der Waals surface area contributed by atoms with E-state index >= 15 is 0 Å². The topological polar surface area (TPSA) is 59.4 Å². The number of alkyl halides is 5. The second-order valence-corrected chi connectivity index (χ2v) is 3.54. The van der Waals surface area contributed by atoms with E-state index in [0.717, 1.165) is 6.07 Å². The van der Waals surface area contributed by atoms with Crippen LogP contribution < -0.4 is 4.74 Å². The Labute approximate surface area is 103 Å². The van der Waals surface area contributed by atoms with Gasteiger partial charge in [0.1, 0.15) is 11.4 Å². The molecule has 0 aromatic carbocycles. The number of aryl methyl sites for hydroxylation is 1. The van der Waals surface area contributed by atoms with E-state index in [1.165, 1.54) is 6.92 Å². The fourth-order valence-corrected chi connectivity index (χ4v) is 1.42. The summed E-state index contributed by atoms with van der Waals surface area (Å²) in [6, 6.07) is 0.762. The van der Waals surface area contributed by atoms with Crippen molar-refractivity contribution in [2.45, 2.75) is 26.1 Å². The van der Waals surface area contributed by atoms with Gasteiger partial charge >= 0.3 is 12.3 Å². The molecule has 4 nitrogen and oxygen atoms in total. The van der Waals surface area contributed by atoms with E-state index in [-0.39, 0.29) is 5.69 Å². The van der Waals surface area contributed by atoms with Crippen molar-refractivity contribution in [2.24, 2.45) is 0 Å². The Hall–Kier alpha value is -1.93.